The van der Waals surface area contributed by atoms with Crippen molar-refractivity contribution in [3.05, 3.63) is 84.7 Å². The van der Waals surface area contributed by atoms with Gasteiger partial charge in [0.2, 0.25) is 0 Å². The molecule has 0 saturated carbocycles. The van der Waals surface area contributed by atoms with Crippen LogP contribution in [-0.2, 0) is 0 Å². The maximum Gasteiger partial charge on any atom is 0.128 e. The van der Waals surface area contributed by atoms with E-state index in [0.717, 1.165) is 21.5 Å². The number of thiophene rings is 1. The molecule has 2 nitrogen and oxygen atoms in total. The third kappa shape index (κ3) is 2.62. The van der Waals surface area contributed by atoms with Gasteiger partial charge in [-0.25, -0.2) is 9.97 Å². The molecule has 0 saturated heterocycles. The zero-order valence-corrected chi connectivity index (χ0v) is 17.7. The highest BCUT2D eigenvalue weighted by Gasteiger charge is 2.16. The summed E-state index contributed by atoms with van der Waals surface area (Å²) in [5, 5.41) is 7.50. The Labute approximate surface area is 178 Å². The molecule has 0 spiro atoms. The lowest BCUT2D eigenvalue weighted by molar-refractivity contribution is 0.876. The summed E-state index contributed by atoms with van der Waals surface area (Å²) < 4.78 is 1.26. The molecule has 0 unspecified atom stereocenters. The number of aromatic nitrogens is 2. The quantitative estimate of drug-likeness (QED) is 0.293. The van der Waals surface area contributed by atoms with Crippen molar-refractivity contribution in [1.29, 1.82) is 0 Å². The van der Waals surface area contributed by atoms with Crippen molar-refractivity contribution in [2.24, 2.45) is 0 Å². The van der Waals surface area contributed by atoms with Gasteiger partial charge in [-0.1, -0.05) is 62.4 Å². The summed E-state index contributed by atoms with van der Waals surface area (Å²) in [7, 11) is 0. The minimum absolute atomic E-state index is 0.440. The predicted molar refractivity (Wildman–Crippen MR) is 129 cm³/mol. The van der Waals surface area contributed by atoms with Crippen molar-refractivity contribution in [1.82, 2.24) is 9.97 Å². The van der Waals surface area contributed by atoms with Crippen molar-refractivity contribution in [2.75, 3.05) is 0 Å². The lowest BCUT2D eigenvalue weighted by atomic mass is 9.92. The molecule has 6 rings (SSSR count). The van der Waals surface area contributed by atoms with Crippen molar-refractivity contribution in [3.8, 4) is 11.3 Å². The second-order valence-electron chi connectivity index (χ2n) is 8.14. The van der Waals surface area contributed by atoms with Crippen LogP contribution in [0.25, 0.3) is 53.1 Å². The first kappa shape index (κ1) is 17.5. The third-order valence-corrected chi connectivity index (χ3v) is 6.99. The second kappa shape index (κ2) is 6.61. The van der Waals surface area contributed by atoms with E-state index in [1.165, 1.54) is 37.2 Å². The van der Waals surface area contributed by atoms with E-state index in [1.807, 2.05) is 0 Å². The molecule has 0 amide bonds. The van der Waals surface area contributed by atoms with E-state index >= 15 is 0 Å². The summed E-state index contributed by atoms with van der Waals surface area (Å²) in [4.78, 5) is 10.5. The molecule has 0 aliphatic rings. The van der Waals surface area contributed by atoms with Gasteiger partial charge in [-0.3, -0.25) is 0 Å². The fourth-order valence-electron chi connectivity index (χ4n) is 4.47. The van der Waals surface area contributed by atoms with Crippen molar-refractivity contribution < 1.29 is 0 Å². The highest BCUT2D eigenvalue weighted by Crippen LogP contribution is 2.41. The summed E-state index contributed by atoms with van der Waals surface area (Å²) in [6.07, 6.45) is 1.71. The van der Waals surface area contributed by atoms with Gasteiger partial charge in [0.1, 0.15) is 11.2 Å². The van der Waals surface area contributed by atoms with E-state index < -0.39 is 0 Å². The molecule has 6 aromatic rings. The molecule has 0 aliphatic carbocycles. The van der Waals surface area contributed by atoms with Crippen LogP contribution in [0.5, 0.6) is 0 Å². The molecule has 144 valence electrons. The zero-order chi connectivity index (χ0) is 20.2. The number of benzene rings is 4. The topological polar surface area (TPSA) is 25.8 Å². The Morgan fingerprint density at radius 3 is 2.27 bits per heavy atom. The van der Waals surface area contributed by atoms with Crippen LogP contribution in [0.2, 0.25) is 0 Å². The smallest absolute Gasteiger partial charge is 0.128 e. The van der Waals surface area contributed by atoms with Crippen LogP contribution in [0.15, 0.2) is 79.1 Å². The molecule has 0 aliphatic heterocycles. The standard InChI is InChI=1S/C27H20N2S/c1-16(2)22-13-20(11-19-9-5-6-10-21(19)22)26-25-23-12-17-7-3-4-8-18(17)14-24(23)30-27(25)29-15-28-26/h3-16H,1-2H3. The van der Waals surface area contributed by atoms with E-state index in [9.17, 15) is 0 Å². The van der Waals surface area contributed by atoms with E-state index in [0.29, 0.717) is 5.92 Å². The van der Waals surface area contributed by atoms with Crippen LogP contribution in [0.3, 0.4) is 0 Å². The Bertz CT molecular complexity index is 1580. The molecule has 30 heavy (non-hydrogen) atoms. The van der Waals surface area contributed by atoms with Crippen LogP contribution in [0.1, 0.15) is 25.3 Å². The molecule has 2 aromatic heterocycles. The first-order valence-corrected chi connectivity index (χ1v) is 11.1. The van der Waals surface area contributed by atoms with Gasteiger partial charge in [-0.15, -0.1) is 11.3 Å². The summed E-state index contributed by atoms with van der Waals surface area (Å²) in [6.45, 7) is 4.51. The number of fused-ring (bicyclic) bond motifs is 5. The van der Waals surface area contributed by atoms with Crippen molar-refractivity contribution in [2.45, 2.75) is 19.8 Å². The molecule has 0 bridgehead atoms. The van der Waals surface area contributed by atoms with Crippen LogP contribution < -0.4 is 0 Å². The molecule has 2 heterocycles. The van der Waals surface area contributed by atoms with Gasteiger partial charge in [0.05, 0.1) is 5.69 Å². The molecule has 4 aromatic carbocycles. The first-order valence-electron chi connectivity index (χ1n) is 10.3. The van der Waals surface area contributed by atoms with Gasteiger partial charge in [-0.2, -0.15) is 0 Å². The lowest BCUT2D eigenvalue weighted by Crippen LogP contribution is -1.93. The lowest BCUT2D eigenvalue weighted by Gasteiger charge is -2.13. The third-order valence-electron chi connectivity index (χ3n) is 5.93. The summed E-state index contributed by atoms with van der Waals surface area (Å²) in [5.41, 5.74) is 3.55. The van der Waals surface area contributed by atoms with Crippen LogP contribution in [0.4, 0.5) is 0 Å². The maximum atomic E-state index is 4.78. The number of rotatable bonds is 2. The fourth-order valence-corrected chi connectivity index (χ4v) is 5.54. The van der Waals surface area contributed by atoms with Gasteiger partial charge < -0.3 is 0 Å². The zero-order valence-electron chi connectivity index (χ0n) is 16.9. The monoisotopic (exact) mass is 404 g/mol. The molecule has 0 radical (unpaired) electrons. The van der Waals surface area contributed by atoms with E-state index in [4.69, 9.17) is 4.98 Å². The van der Waals surface area contributed by atoms with Gasteiger partial charge >= 0.3 is 0 Å². The highest BCUT2D eigenvalue weighted by atomic mass is 32.1. The van der Waals surface area contributed by atoms with E-state index in [-0.39, 0.29) is 0 Å². The molecule has 0 fully saturated rings. The normalized spacial score (nSPS) is 12.0. The summed E-state index contributed by atoms with van der Waals surface area (Å²) in [6, 6.07) is 26.3. The summed E-state index contributed by atoms with van der Waals surface area (Å²) >= 11 is 1.75. The van der Waals surface area contributed by atoms with Crippen molar-refractivity contribution in [3.63, 3.8) is 0 Å². The SMILES string of the molecule is CC(C)c1cc(-c2ncnc3sc4cc5ccccc5cc4c23)cc2ccccc12. The number of nitrogens with zero attached hydrogens (tertiary/aromatic N) is 2. The van der Waals surface area contributed by atoms with Crippen LogP contribution in [-0.4, -0.2) is 9.97 Å². The van der Waals surface area contributed by atoms with Crippen molar-refractivity contribution >= 4 is 53.2 Å². The Balaban J connectivity index is 1.71. The average Bonchev–Trinajstić information content (AvgIpc) is 3.14. The number of hydrogen-bond acceptors (Lipinski definition) is 3. The second-order valence-corrected chi connectivity index (χ2v) is 9.17. The van der Waals surface area contributed by atoms with Gasteiger partial charge in [0.15, 0.2) is 0 Å². The first-order chi connectivity index (χ1) is 14.7. The van der Waals surface area contributed by atoms with Gasteiger partial charge in [-0.05, 0) is 57.3 Å². The average molecular weight is 405 g/mol. The Morgan fingerprint density at radius 1 is 0.733 bits per heavy atom. The minimum atomic E-state index is 0.440. The molecule has 3 heteroatoms. The van der Waals surface area contributed by atoms with E-state index in [1.54, 1.807) is 17.7 Å². The highest BCUT2D eigenvalue weighted by molar-refractivity contribution is 7.25. The van der Waals surface area contributed by atoms with Crippen LogP contribution >= 0.6 is 11.3 Å². The molecular formula is C27H20N2S. The van der Waals surface area contributed by atoms with Crippen LogP contribution in [0, 0.1) is 0 Å². The predicted octanol–water partition coefficient (Wildman–Crippen LogP) is 7.94. The molecular weight excluding hydrogens is 384 g/mol. The maximum absolute atomic E-state index is 4.78. The number of hydrogen-bond donors (Lipinski definition) is 0. The Morgan fingerprint density at radius 2 is 1.47 bits per heavy atom. The Hall–Kier alpha value is -3.30. The van der Waals surface area contributed by atoms with Gasteiger partial charge in [0.25, 0.3) is 0 Å². The van der Waals surface area contributed by atoms with E-state index in [2.05, 4.69) is 91.6 Å². The largest absolute Gasteiger partial charge is 0.236 e. The molecule has 0 N–H and O–H groups in total. The molecule has 0 atom stereocenters. The summed E-state index contributed by atoms with van der Waals surface area (Å²) in [5.74, 6) is 0.440. The fraction of sp³-hybridized carbons (Fsp3) is 0.111. The Kier molecular flexibility index (Phi) is 3.87. The minimum Gasteiger partial charge on any atom is -0.236 e. The van der Waals surface area contributed by atoms with Gasteiger partial charge in [0, 0.05) is 21.0 Å².